The molecule has 0 nitrogen and oxygen atoms in total. The SMILES string of the molecule is Cl[Si](Cl)(Cl)C=Cc1ccccc1C=C[Si](Cl)(Cl)Cl. The average Bonchev–Trinajstić information content (AvgIpc) is 2.22. The molecule has 0 aliphatic carbocycles. The van der Waals surface area contributed by atoms with Gasteiger partial charge in [-0.25, -0.2) is 0 Å². The van der Waals surface area contributed by atoms with Crippen molar-refractivity contribution in [2.45, 2.75) is 0 Å². The smallest absolute Gasteiger partial charge is 0.121 e. The summed E-state index contributed by atoms with van der Waals surface area (Å²) in [6.45, 7) is 0. The maximum absolute atomic E-state index is 5.79. The van der Waals surface area contributed by atoms with Crippen molar-refractivity contribution in [1.82, 2.24) is 0 Å². The van der Waals surface area contributed by atoms with Crippen molar-refractivity contribution in [2.75, 3.05) is 0 Å². The summed E-state index contributed by atoms with van der Waals surface area (Å²) >= 11 is 34.8. The lowest BCUT2D eigenvalue weighted by molar-refractivity contribution is 1.61. The van der Waals surface area contributed by atoms with Gasteiger partial charge in [0.25, 0.3) is 0 Å². The third kappa shape index (κ3) is 7.46. The van der Waals surface area contributed by atoms with Gasteiger partial charge in [-0.05, 0) is 11.1 Å². The number of benzene rings is 1. The van der Waals surface area contributed by atoms with Crippen LogP contribution in [-0.2, 0) is 0 Å². The molecule has 0 atom stereocenters. The average molecular weight is 397 g/mol. The zero-order valence-electron chi connectivity index (χ0n) is 8.89. The number of rotatable bonds is 4. The normalized spacial score (nSPS) is 13.7. The summed E-state index contributed by atoms with van der Waals surface area (Å²) in [4.78, 5) is 0. The first-order valence-corrected chi connectivity index (χ1v) is 15.0. The molecule has 0 spiro atoms. The van der Waals surface area contributed by atoms with E-state index >= 15 is 0 Å². The largest absolute Gasteiger partial charge is 0.365 e. The summed E-state index contributed by atoms with van der Waals surface area (Å²) in [6, 6.07) is 2.03. The minimum atomic E-state index is -2.78. The van der Waals surface area contributed by atoms with E-state index in [0.29, 0.717) is 0 Å². The Labute approximate surface area is 136 Å². The van der Waals surface area contributed by atoms with Crippen molar-refractivity contribution in [3.8, 4) is 0 Å². The van der Waals surface area contributed by atoms with Crippen molar-refractivity contribution < 1.29 is 0 Å². The molecular formula is C10H8Cl6Si2. The molecule has 0 N–H and O–H groups in total. The van der Waals surface area contributed by atoms with Gasteiger partial charge in [0.2, 0.25) is 0 Å². The zero-order chi connectivity index (χ0) is 13.8. The van der Waals surface area contributed by atoms with E-state index in [-0.39, 0.29) is 0 Å². The van der Waals surface area contributed by atoms with Gasteiger partial charge in [-0.15, -0.1) is 66.5 Å². The van der Waals surface area contributed by atoms with Gasteiger partial charge >= 0.3 is 12.0 Å². The van der Waals surface area contributed by atoms with Crippen molar-refractivity contribution in [2.24, 2.45) is 0 Å². The zero-order valence-corrected chi connectivity index (χ0v) is 15.4. The lowest BCUT2D eigenvalue weighted by Gasteiger charge is -2.04. The molecule has 0 heterocycles. The second-order valence-electron chi connectivity index (χ2n) is 3.38. The highest BCUT2D eigenvalue weighted by molar-refractivity contribution is 7.67. The highest BCUT2D eigenvalue weighted by atomic mass is 35.8. The molecule has 0 saturated heterocycles. The molecule has 1 aromatic rings. The van der Waals surface area contributed by atoms with Gasteiger partial charge in [0.1, 0.15) is 0 Å². The summed E-state index contributed by atoms with van der Waals surface area (Å²) in [5.74, 6) is 0. The number of halogens is 6. The molecule has 98 valence electrons. The fourth-order valence-corrected chi connectivity index (χ4v) is 3.05. The standard InChI is InChI=1S/C10H8Cl6Si2/c11-17(12,13)7-5-9-3-1-2-4-10(9)6-8-18(14,15)16/h1-8H. The van der Waals surface area contributed by atoms with Crippen molar-refractivity contribution >= 4 is 90.6 Å². The van der Waals surface area contributed by atoms with Crippen molar-refractivity contribution in [3.63, 3.8) is 0 Å². The van der Waals surface area contributed by atoms with Gasteiger partial charge in [-0.3, -0.25) is 0 Å². The van der Waals surface area contributed by atoms with Crippen LogP contribution in [0.5, 0.6) is 0 Å². The second-order valence-corrected chi connectivity index (χ2v) is 20.4. The van der Waals surface area contributed by atoms with E-state index in [1.54, 1.807) is 23.6 Å². The van der Waals surface area contributed by atoms with E-state index in [9.17, 15) is 0 Å². The lowest BCUT2D eigenvalue weighted by atomic mass is 10.1. The Hall–Kier alpha value is 0.874. The molecule has 0 amide bonds. The fraction of sp³-hybridized carbons (Fsp3) is 0. The maximum Gasteiger partial charge on any atom is 0.365 e. The quantitative estimate of drug-likeness (QED) is 0.426. The van der Waals surface area contributed by atoms with Gasteiger partial charge < -0.3 is 0 Å². The lowest BCUT2D eigenvalue weighted by Crippen LogP contribution is -2.04. The highest BCUT2D eigenvalue weighted by Gasteiger charge is 2.21. The second kappa shape index (κ2) is 7.05. The van der Waals surface area contributed by atoms with Crippen molar-refractivity contribution in [3.05, 3.63) is 46.8 Å². The Morgan fingerprint density at radius 2 is 1.00 bits per heavy atom. The van der Waals surface area contributed by atoms with Crippen LogP contribution in [0.3, 0.4) is 0 Å². The maximum atomic E-state index is 5.79. The molecule has 18 heavy (non-hydrogen) atoms. The minimum absolute atomic E-state index is 0.913. The summed E-state index contributed by atoms with van der Waals surface area (Å²) in [7, 11) is 0. The topological polar surface area (TPSA) is 0 Å². The van der Waals surface area contributed by atoms with E-state index in [2.05, 4.69) is 0 Å². The monoisotopic (exact) mass is 394 g/mol. The Balaban J connectivity index is 3.01. The molecule has 0 aliphatic rings. The molecular weight excluding hydrogens is 389 g/mol. The van der Waals surface area contributed by atoms with E-state index in [1.165, 1.54) is 0 Å². The summed E-state index contributed by atoms with van der Waals surface area (Å²) in [6.07, 6.45) is 3.55. The van der Waals surface area contributed by atoms with Gasteiger partial charge in [0, 0.05) is 0 Å². The first-order chi connectivity index (χ1) is 8.17. The molecule has 8 heteroatoms. The molecule has 0 radical (unpaired) electrons. The molecule has 0 bridgehead atoms. The molecule has 0 aromatic heterocycles. The van der Waals surface area contributed by atoms with Crippen LogP contribution in [0.25, 0.3) is 12.2 Å². The van der Waals surface area contributed by atoms with Crippen LogP contribution in [0.1, 0.15) is 11.1 Å². The van der Waals surface area contributed by atoms with Gasteiger partial charge in [0.15, 0.2) is 0 Å². The fourth-order valence-electron chi connectivity index (χ4n) is 1.18. The molecule has 0 fully saturated rings. The van der Waals surface area contributed by atoms with E-state index in [4.69, 9.17) is 66.5 Å². The Kier molecular flexibility index (Phi) is 6.63. The minimum Gasteiger partial charge on any atom is -0.121 e. The van der Waals surface area contributed by atoms with Crippen LogP contribution in [-0.4, -0.2) is 12.0 Å². The number of hydrogen-bond acceptors (Lipinski definition) is 0. The van der Waals surface area contributed by atoms with Crippen LogP contribution in [0.4, 0.5) is 0 Å². The Bertz CT molecular complexity index is 415. The third-order valence-electron chi connectivity index (χ3n) is 1.90. The molecule has 1 aromatic carbocycles. The molecule has 0 unspecified atom stereocenters. The predicted octanol–water partition coefficient (Wildman–Crippen LogP) is 6.10. The van der Waals surface area contributed by atoms with Gasteiger partial charge in [-0.1, -0.05) is 47.8 Å². The van der Waals surface area contributed by atoms with Gasteiger partial charge in [0.05, 0.1) is 0 Å². The summed E-state index contributed by atoms with van der Waals surface area (Å²) < 4.78 is 0. The molecule has 0 aliphatic heterocycles. The third-order valence-corrected chi connectivity index (χ3v) is 5.26. The van der Waals surface area contributed by atoms with E-state index < -0.39 is 12.0 Å². The number of hydrogen-bond donors (Lipinski definition) is 0. The van der Waals surface area contributed by atoms with Crippen LogP contribution in [0.2, 0.25) is 0 Å². The van der Waals surface area contributed by atoms with E-state index in [1.807, 2.05) is 24.3 Å². The summed E-state index contributed by atoms with van der Waals surface area (Å²) in [5, 5.41) is 0. The van der Waals surface area contributed by atoms with E-state index in [0.717, 1.165) is 11.1 Å². The van der Waals surface area contributed by atoms with Crippen LogP contribution in [0.15, 0.2) is 35.7 Å². The predicted molar refractivity (Wildman–Crippen MR) is 91.1 cm³/mol. The first kappa shape index (κ1) is 16.9. The van der Waals surface area contributed by atoms with Crippen molar-refractivity contribution in [1.29, 1.82) is 0 Å². The first-order valence-electron chi connectivity index (χ1n) is 4.78. The molecule has 1 rings (SSSR count). The Morgan fingerprint density at radius 3 is 1.28 bits per heavy atom. The Morgan fingerprint density at radius 1 is 0.667 bits per heavy atom. The van der Waals surface area contributed by atoms with Crippen LogP contribution < -0.4 is 0 Å². The molecule has 0 saturated carbocycles. The van der Waals surface area contributed by atoms with Crippen LogP contribution >= 0.6 is 66.5 Å². The van der Waals surface area contributed by atoms with Gasteiger partial charge in [-0.2, -0.15) is 0 Å². The summed E-state index contributed by atoms with van der Waals surface area (Å²) in [5.41, 5.74) is 5.04. The van der Waals surface area contributed by atoms with Crippen LogP contribution in [0, 0.1) is 0 Å². The highest BCUT2D eigenvalue weighted by Crippen LogP contribution is 2.25.